The van der Waals surface area contributed by atoms with E-state index < -0.39 is 0 Å². The summed E-state index contributed by atoms with van der Waals surface area (Å²) in [4.78, 5) is 11.2. The van der Waals surface area contributed by atoms with Gasteiger partial charge in [-0.2, -0.15) is 0 Å². The fraction of sp³-hybridized carbons (Fsp3) is 0.304. The molecule has 5 nitrogen and oxygen atoms in total. The average molecular weight is 377 g/mol. The minimum absolute atomic E-state index is 0.754. The van der Waals surface area contributed by atoms with Gasteiger partial charge in [0, 0.05) is 37.7 Å². The molecule has 0 amide bonds. The van der Waals surface area contributed by atoms with Crippen LogP contribution in [-0.2, 0) is 19.5 Å². The molecule has 146 valence electrons. The Morgan fingerprint density at radius 1 is 0.857 bits per heavy atom. The Morgan fingerprint density at radius 2 is 1.64 bits per heavy atom. The van der Waals surface area contributed by atoms with Crippen LogP contribution in [-0.4, -0.2) is 35.6 Å². The molecular weight excluding hydrogens is 350 g/mol. The zero-order valence-electron chi connectivity index (χ0n) is 16.8. The minimum atomic E-state index is 0.754. The lowest BCUT2D eigenvalue weighted by Gasteiger charge is -2.22. The van der Waals surface area contributed by atoms with Crippen LogP contribution in [0.5, 0.6) is 11.5 Å². The number of nitrogens with zero attached hydrogens (tertiary/aromatic N) is 3. The summed E-state index contributed by atoms with van der Waals surface area (Å²) in [6, 6.07) is 16.4. The van der Waals surface area contributed by atoms with Gasteiger partial charge in [0.1, 0.15) is 0 Å². The third-order valence-corrected chi connectivity index (χ3v) is 4.65. The van der Waals surface area contributed by atoms with Gasteiger partial charge in [0.05, 0.1) is 19.9 Å². The van der Waals surface area contributed by atoms with E-state index in [2.05, 4.69) is 45.2 Å². The van der Waals surface area contributed by atoms with E-state index in [9.17, 15) is 0 Å². The number of aromatic nitrogens is 2. The first-order valence-electron chi connectivity index (χ1n) is 9.42. The van der Waals surface area contributed by atoms with Crippen LogP contribution in [0.4, 0.5) is 0 Å². The third kappa shape index (κ3) is 5.54. The highest BCUT2D eigenvalue weighted by Crippen LogP contribution is 2.27. The van der Waals surface area contributed by atoms with E-state index in [0.29, 0.717) is 0 Å². The molecule has 2 heterocycles. The van der Waals surface area contributed by atoms with E-state index in [1.807, 2.05) is 37.5 Å². The van der Waals surface area contributed by atoms with E-state index >= 15 is 0 Å². The van der Waals surface area contributed by atoms with Crippen molar-refractivity contribution in [3.63, 3.8) is 0 Å². The van der Waals surface area contributed by atoms with Gasteiger partial charge in [-0.25, -0.2) is 0 Å². The van der Waals surface area contributed by atoms with Crippen molar-refractivity contribution >= 4 is 0 Å². The molecule has 28 heavy (non-hydrogen) atoms. The van der Waals surface area contributed by atoms with Crippen molar-refractivity contribution in [1.29, 1.82) is 0 Å². The minimum Gasteiger partial charge on any atom is -0.493 e. The first-order valence-corrected chi connectivity index (χ1v) is 9.42. The summed E-state index contributed by atoms with van der Waals surface area (Å²) in [5.41, 5.74) is 4.59. The predicted octanol–water partition coefficient (Wildman–Crippen LogP) is 4.05. The quantitative estimate of drug-likeness (QED) is 0.563. The van der Waals surface area contributed by atoms with Gasteiger partial charge < -0.3 is 9.47 Å². The van der Waals surface area contributed by atoms with Gasteiger partial charge in [-0.3, -0.25) is 14.9 Å². The molecule has 0 atom stereocenters. The van der Waals surface area contributed by atoms with Crippen LogP contribution in [0.15, 0.2) is 60.9 Å². The summed E-state index contributed by atoms with van der Waals surface area (Å²) in [5, 5.41) is 0. The molecule has 0 aliphatic heterocycles. The van der Waals surface area contributed by atoms with E-state index in [1.54, 1.807) is 14.2 Å². The Hall–Kier alpha value is -2.92. The number of rotatable bonds is 9. The summed E-state index contributed by atoms with van der Waals surface area (Å²) >= 11 is 0. The summed E-state index contributed by atoms with van der Waals surface area (Å²) in [6.07, 6.45) is 4.59. The SMILES string of the molecule is COc1ccc(CCN(Cc2ccncc2)Cc2cccc(C)n2)cc1OC. The molecule has 0 saturated carbocycles. The Balaban J connectivity index is 1.73. The second kappa shape index (κ2) is 9.85. The average Bonchev–Trinajstić information content (AvgIpc) is 2.72. The van der Waals surface area contributed by atoms with Crippen molar-refractivity contribution in [2.45, 2.75) is 26.4 Å². The number of hydrogen-bond acceptors (Lipinski definition) is 5. The van der Waals surface area contributed by atoms with Crippen molar-refractivity contribution in [1.82, 2.24) is 14.9 Å². The molecule has 0 bridgehead atoms. The maximum absolute atomic E-state index is 5.43. The maximum Gasteiger partial charge on any atom is 0.160 e. The number of benzene rings is 1. The molecule has 2 aromatic heterocycles. The molecule has 0 spiro atoms. The lowest BCUT2D eigenvalue weighted by Crippen LogP contribution is -2.26. The van der Waals surface area contributed by atoms with Gasteiger partial charge >= 0.3 is 0 Å². The van der Waals surface area contributed by atoms with E-state index in [-0.39, 0.29) is 0 Å². The first-order chi connectivity index (χ1) is 13.7. The van der Waals surface area contributed by atoms with Gasteiger partial charge in [-0.15, -0.1) is 0 Å². The molecule has 3 rings (SSSR count). The number of aryl methyl sites for hydroxylation is 1. The lowest BCUT2D eigenvalue weighted by molar-refractivity contribution is 0.256. The van der Waals surface area contributed by atoms with Crippen molar-refractivity contribution in [2.75, 3.05) is 20.8 Å². The van der Waals surface area contributed by atoms with E-state index in [4.69, 9.17) is 9.47 Å². The highest BCUT2D eigenvalue weighted by Gasteiger charge is 2.11. The van der Waals surface area contributed by atoms with Gasteiger partial charge in [-0.1, -0.05) is 12.1 Å². The Bertz CT molecular complexity index is 884. The monoisotopic (exact) mass is 377 g/mol. The topological polar surface area (TPSA) is 47.5 Å². The third-order valence-electron chi connectivity index (χ3n) is 4.65. The largest absolute Gasteiger partial charge is 0.493 e. The predicted molar refractivity (Wildman–Crippen MR) is 111 cm³/mol. The van der Waals surface area contributed by atoms with Gasteiger partial charge in [0.25, 0.3) is 0 Å². The fourth-order valence-corrected chi connectivity index (χ4v) is 3.20. The highest BCUT2D eigenvalue weighted by atomic mass is 16.5. The smallest absolute Gasteiger partial charge is 0.160 e. The van der Waals surface area contributed by atoms with Crippen LogP contribution < -0.4 is 9.47 Å². The molecule has 0 fully saturated rings. The summed E-state index contributed by atoms with van der Waals surface area (Å²) in [6.45, 7) is 4.59. The first kappa shape index (κ1) is 19.8. The zero-order valence-corrected chi connectivity index (χ0v) is 16.8. The van der Waals surface area contributed by atoms with Crippen LogP contribution in [0, 0.1) is 6.92 Å². The number of methoxy groups -OCH3 is 2. The maximum atomic E-state index is 5.43. The molecule has 1 aromatic carbocycles. The van der Waals surface area contributed by atoms with Crippen molar-refractivity contribution in [3.8, 4) is 11.5 Å². The van der Waals surface area contributed by atoms with Gasteiger partial charge in [0.15, 0.2) is 11.5 Å². The Labute approximate surface area is 167 Å². The van der Waals surface area contributed by atoms with Crippen LogP contribution in [0.1, 0.15) is 22.5 Å². The normalized spacial score (nSPS) is 10.9. The van der Waals surface area contributed by atoms with Gasteiger partial charge in [0.2, 0.25) is 0 Å². The highest BCUT2D eigenvalue weighted by molar-refractivity contribution is 5.43. The molecular formula is C23H27N3O2. The fourth-order valence-electron chi connectivity index (χ4n) is 3.20. The Morgan fingerprint density at radius 3 is 2.36 bits per heavy atom. The zero-order chi connectivity index (χ0) is 19.8. The molecule has 3 aromatic rings. The Kier molecular flexibility index (Phi) is 6.98. The number of hydrogen-bond donors (Lipinski definition) is 0. The van der Waals surface area contributed by atoms with Crippen LogP contribution in [0.3, 0.4) is 0 Å². The van der Waals surface area contributed by atoms with E-state index in [1.165, 1.54) is 11.1 Å². The van der Waals surface area contributed by atoms with Crippen LogP contribution in [0.25, 0.3) is 0 Å². The number of pyridine rings is 2. The summed E-state index contributed by atoms with van der Waals surface area (Å²) < 4.78 is 10.8. The van der Waals surface area contributed by atoms with E-state index in [0.717, 1.165) is 48.9 Å². The van der Waals surface area contributed by atoms with Gasteiger partial charge in [-0.05, 0) is 60.9 Å². The number of ether oxygens (including phenoxy) is 2. The van der Waals surface area contributed by atoms with Crippen molar-refractivity contribution in [3.05, 3.63) is 83.4 Å². The molecule has 0 radical (unpaired) electrons. The molecule has 0 aliphatic rings. The molecule has 0 N–H and O–H groups in total. The molecule has 0 aliphatic carbocycles. The second-order valence-corrected chi connectivity index (χ2v) is 6.78. The van der Waals surface area contributed by atoms with Crippen molar-refractivity contribution < 1.29 is 9.47 Å². The molecule has 0 unspecified atom stereocenters. The van der Waals surface area contributed by atoms with Crippen molar-refractivity contribution in [2.24, 2.45) is 0 Å². The standard InChI is InChI=1S/C23H27N3O2/c1-18-5-4-6-21(25-18)17-26(16-20-9-12-24-13-10-20)14-11-19-7-8-22(27-2)23(15-19)28-3/h4-10,12-13,15H,11,14,16-17H2,1-3H3. The molecule has 0 saturated heterocycles. The van der Waals surface area contributed by atoms with Crippen LogP contribution >= 0.6 is 0 Å². The lowest BCUT2D eigenvalue weighted by atomic mass is 10.1. The molecule has 5 heteroatoms. The summed E-state index contributed by atoms with van der Waals surface area (Å²) in [7, 11) is 3.32. The van der Waals surface area contributed by atoms with Crippen LogP contribution in [0.2, 0.25) is 0 Å². The second-order valence-electron chi connectivity index (χ2n) is 6.78. The summed E-state index contributed by atoms with van der Waals surface area (Å²) in [5.74, 6) is 1.52.